The summed E-state index contributed by atoms with van der Waals surface area (Å²) in [4.78, 5) is 4.33. The third-order valence-corrected chi connectivity index (χ3v) is 4.82. The molecule has 4 rings (SSSR count). The lowest BCUT2D eigenvalue weighted by molar-refractivity contribution is 0.430. The third-order valence-electron chi connectivity index (χ3n) is 4.82. The van der Waals surface area contributed by atoms with E-state index in [4.69, 9.17) is 0 Å². The van der Waals surface area contributed by atoms with E-state index in [1.54, 1.807) is 6.33 Å². The van der Waals surface area contributed by atoms with Crippen LogP contribution in [0.3, 0.4) is 0 Å². The Kier molecular flexibility index (Phi) is 3.56. The molecule has 0 bridgehead atoms. The van der Waals surface area contributed by atoms with Crippen LogP contribution < -0.4 is 5.32 Å². The largest absolute Gasteiger partial charge is 0.348 e. The number of nitrogens with one attached hydrogen (secondary N) is 1. The van der Waals surface area contributed by atoms with E-state index in [1.807, 2.05) is 16.8 Å². The smallest absolute Gasteiger partial charge is 0.222 e. The number of aryl methyl sites for hydroxylation is 2. The molecule has 2 heterocycles. The molecule has 4 nitrogen and oxygen atoms in total. The molecule has 2 aromatic carbocycles. The molecular weight excluding hydrogens is 303 g/mol. The Balaban J connectivity index is 1.72. The van der Waals surface area contributed by atoms with Crippen LogP contribution in [0.4, 0.5) is 10.3 Å². The first-order chi connectivity index (χ1) is 11.6. The van der Waals surface area contributed by atoms with Gasteiger partial charge in [0.05, 0.1) is 12.1 Å². The fourth-order valence-corrected chi connectivity index (χ4v) is 3.28. The molecule has 0 saturated carbocycles. The summed E-state index contributed by atoms with van der Waals surface area (Å²) >= 11 is 0. The lowest BCUT2D eigenvalue weighted by Crippen LogP contribution is -2.28. The lowest BCUT2D eigenvalue weighted by Gasteiger charge is -2.32. The summed E-state index contributed by atoms with van der Waals surface area (Å²) in [5, 5.41) is 7.81. The minimum absolute atomic E-state index is 0.0379. The Morgan fingerprint density at radius 2 is 1.79 bits per heavy atom. The van der Waals surface area contributed by atoms with Crippen LogP contribution in [0.1, 0.15) is 40.8 Å². The van der Waals surface area contributed by atoms with Gasteiger partial charge in [0.15, 0.2) is 0 Å². The monoisotopic (exact) mass is 322 g/mol. The van der Waals surface area contributed by atoms with Gasteiger partial charge in [0, 0.05) is 0 Å². The number of anilines is 1. The molecule has 1 aromatic heterocycles. The maximum Gasteiger partial charge on any atom is 0.222 e. The van der Waals surface area contributed by atoms with E-state index in [-0.39, 0.29) is 17.9 Å². The quantitative estimate of drug-likeness (QED) is 0.769. The molecule has 0 saturated heterocycles. The zero-order valence-electron chi connectivity index (χ0n) is 13.7. The first kappa shape index (κ1) is 14.9. The van der Waals surface area contributed by atoms with Crippen molar-refractivity contribution in [2.75, 3.05) is 5.32 Å². The number of hydrogen-bond donors (Lipinski definition) is 1. The van der Waals surface area contributed by atoms with Crippen molar-refractivity contribution in [2.45, 2.75) is 32.4 Å². The van der Waals surface area contributed by atoms with E-state index in [1.165, 1.54) is 28.8 Å². The number of halogens is 1. The van der Waals surface area contributed by atoms with Crippen molar-refractivity contribution >= 4 is 5.95 Å². The Bertz CT molecular complexity index is 869. The Hall–Kier alpha value is -2.69. The van der Waals surface area contributed by atoms with Gasteiger partial charge in [0.25, 0.3) is 0 Å². The van der Waals surface area contributed by atoms with Gasteiger partial charge in [0.1, 0.15) is 12.1 Å². The minimum atomic E-state index is -0.225. The van der Waals surface area contributed by atoms with Gasteiger partial charge in [-0.2, -0.15) is 10.1 Å². The number of benzene rings is 2. The molecule has 1 aliphatic rings. The van der Waals surface area contributed by atoms with E-state index in [9.17, 15) is 4.39 Å². The topological polar surface area (TPSA) is 42.7 Å². The molecular formula is C19H19FN4. The van der Waals surface area contributed by atoms with Crippen LogP contribution in [0.15, 0.2) is 48.8 Å². The molecule has 1 N–H and O–H groups in total. The van der Waals surface area contributed by atoms with Crippen molar-refractivity contribution in [1.82, 2.24) is 14.8 Å². The molecule has 1 aliphatic heterocycles. The second-order valence-electron chi connectivity index (χ2n) is 6.37. The molecule has 0 amide bonds. The summed E-state index contributed by atoms with van der Waals surface area (Å²) in [6, 6.07) is 13.4. The molecule has 24 heavy (non-hydrogen) atoms. The molecule has 0 aliphatic carbocycles. The molecule has 2 unspecified atom stereocenters. The van der Waals surface area contributed by atoms with Gasteiger partial charge in [0.2, 0.25) is 5.95 Å². The molecule has 2 atom stereocenters. The van der Waals surface area contributed by atoms with Crippen molar-refractivity contribution in [2.24, 2.45) is 0 Å². The maximum absolute atomic E-state index is 13.3. The normalized spacial score (nSPS) is 19.6. The van der Waals surface area contributed by atoms with Crippen LogP contribution in [-0.2, 0) is 0 Å². The molecule has 0 spiro atoms. The van der Waals surface area contributed by atoms with E-state index < -0.39 is 0 Å². The van der Waals surface area contributed by atoms with Gasteiger partial charge in [-0.15, -0.1) is 0 Å². The summed E-state index contributed by atoms with van der Waals surface area (Å²) in [5.74, 6) is 0.524. The van der Waals surface area contributed by atoms with Crippen LogP contribution in [0.5, 0.6) is 0 Å². The van der Waals surface area contributed by atoms with Crippen molar-refractivity contribution in [3.05, 3.63) is 76.9 Å². The van der Waals surface area contributed by atoms with Crippen LogP contribution in [-0.4, -0.2) is 14.8 Å². The van der Waals surface area contributed by atoms with Gasteiger partial charge >= 0.3 is 0 Å². The third kappa shape index (κ3) is 2.56. The summed E-state index contributed by atoms with van der Waals surface area (Å²) < 4.78 is 15.1. The summed E-state index contributed by atoms with van der Waals surface area (Å²) in [6.45, 7) is 4.24. The predicted octanol–water partition coefficient (Wildman–Crippen LogP) is 4.18. The SMILES string of the molecule is Cc1ccc(C2CC(c3ccc(F)cc3)n3ncnc3N2)cc1C. The van der Waals surface area contributed by atoms with E-state index in [0.29, 0.717) is 0 Å². The van der Waals surface area contributed by atoms with Crippen LogP contribution in [0.2, 0.25) is 0 Å². The lowest BCUT2D eigenvalue weighted by atomic mass is 9.92. The average Bonchev–Trinajstić information content (AvgIpc) is 3.06. The van der Waals surface area contributed by atoms with Gasteiger partial charge in [-0.05, 0) is 54.7 Å². The first-order valence-electron chi connectivity index (χ1n) is 8.10. The highest BCUT2D eigenvalue weighted by molar-refractivity contribution is 5.40. The van der Waals surface area contributed by atoms with E-state index in [2.05, 4.69) is 47.4 Å². The average molecular weight is 322 g/mol. The van der Waals surface area contributed by atoms with Crippen molar-refractivity contribution in [1.29, 1.82) is 0 Å². The van der Waals surface area contributed by atoms with Crippen molar-refractivity contribution in [3.63, 3.8) is 0 Å². The Morgan fingerprint density at radius 1 is 1.04 bits per heavy atom. The molecule has 0 radical (unpaired) electrons. The Morgan fingerprint density at radius 3 is 2.54 bits per heavy atom. The second-order valence-corrected chi connectivity index (χ2v) is 6.37. The van der Waals surface area contributed by atoms with E-state index in [0.717, 1.165) is 17.9 Å². The van der Waals surface area contributed by atoms with Gasteiger partial charge in [-0.1, -0.05) is 30.3 Å². The number of nitrogens with zero attached hydrogens (tertiary/aromatic N) is 3. The highest BCUT2D eigenvalue weighted by Gasteiger charge is 2.29. The number of rotatable bonds is 2. The highest BCUT2D eigenvalue weighted by Crippen LogP contribution is 2.37. The van der Waals surface area contributed by atoms with Gasteiger partial charge in [-0.25, -0.2) is 9.07 Å². The number of fused-ring (bicyclic) bond motifs is 1. The van der Waals surface area contributed by atoms with Crippen LogP contribution in [0.25, 0.3) is 0 Å². The van der Waals surface area contributed by atoms with E-state index >= 15 is 0 Å². The molecule has 122 valence electrons. The maximum atomic E-state index is 13.3. The second kappa shape index (κ2) is 5.74. The summed E-state index contributed by atoms with van der Waals surface area (Å²) in [5.41, 5.74) is 4.84. The minimum Gasteiger partial charge on any atom is -0.348 e. The predicted molar refractivity (Wildman–Crippen MR) is 91.5 cm³/mol. The fraction of sp³-hybridized carbons (Fsp3) is 0.263. The fourth-order valence-electron chi connectivity index (χ4n) is 3.28. The van der Waals surface area contributed by atoms with Gasteiger partial charge < -0.3 is 5.32 Å². The molecule has 5 heteroatoms. The van der Waals surface area contributed by atoms with Crippen molar-refractivity contribution in [3.8, 4) is 0 Å². The first-order valence-corrected chi connectivity index (χ1v) is 8.10. The number of aromatic nitrogens is 3. The van der Waals surface area contributed by atoms with Crippen LogP contribution >= 0.6 is 0 Å². The van der Waals surface area contributed by atoms with Gasteiger partial charge in [-0.3, -0.25) is 0 Å². The van der Waals surface area contributed by atoms with Crippen molar-refractivity contribution < 1.29 is 4.39 Å². The highest BCUT2D eigenvalue weighted by atomic mass is 19.1. The zero-order valence-corrected chi connectivity index (χ0v) is 13.7. The molecule has 3 aromatic rings. The number of hydrogen-bond acceptors (Lipinski definition) is 3. The van der Waals surface area contributed by atoms with Crippen LogP contribution in [0, 0.1) is 19.7 Å². The standard InChI is InChI=1S/C19H19FN4/c1-12-3-4-15(9-13(12)2)17-10-18(14-5-7-16(20)8-6-14)24-19(23-17)21-11-22-24/h3-9,11,17-18H,10H2,1-2H3,(H,21,22,23). The Labute approximate surface area is 140 Å². The summed E-state index contributed by atoms with van der Waals surface area (Å²) in [6.07, 6.45) is 2.39. The molecule has 0 fully saturated rings. The zero-order chi connectivity index (χ0) is 16.7. The summed E-state index contributed by atoms with van der Waals surface area (Å²) in [7, 11) is 0.